The number of Topliss-reactive ketones (excluding diaryl/α,β-unsaturated/α-hetero) is 1. The fourth-order valence-electron chi connectivity index (χ4n) is 2.83. The van der Waals surface area contributed by atoms with Crippen LogP contribution in [-0.4, -0.2) is 43.9 Å². The molecule has 0 aromatic carbocycles. The number of piperidine rings is 2. The number of hydrogen-bond acceptors (Lipinski definition) is 3. The number of likely N-dealkylation sites (tertiary alicyclic amines) is 1. The number of nitrogens with zero attached hydrogens (tertiary/aromatic N) is 1. The molecule has 2 aliphatic rings. The Hall–Kier alpha value is -0.410. The van der Waals surface area contributed by atoms with Crippen LogP contribution in [-0.2, 0) is 4.79 Å². The molecule has 0 aliphatic carbocycles. The fraction of sp³-hybridized carbons (Fsp3) is 0.917. The Morgan fingerprint density at radius 3 is 2.73 bits per heavy atom. The zero-order valence-electron chi connectivity index (χ0n) is 9.67. The predicted molar refractivity (Wildman–Crippen MR) is 60.8 cm³/mol. The molecule has 15 heavy (non-hydrogen) atoms. The summed E-state index contributed by atoms with van der Waals surface area (Å²) in [5.41, 5.74) is 0. The highest BCUT2D eigenvalue weighted by Crippen LogP contribution is 2.22. The third-order valence-electron chi connectivity index (χ3n) is 3.73. The molecule has 0 radical (unpaired) electrons. The largest absolute Gasteiger partial charge is 0.316 e. The third-order valence-corrected chi connectivity index (χ3v) is 3.73. The van der Waals surface area contributed by atoms with Gasteiger partial charge in [-0.25, -0.2) is 0 Å². The lowest BCUT2D eigenvalue weighted by Gasteiger charge is -2.32. The van der Waals surface area contributed by atoms with Crippen molar-refractivity contribution in [3.63, 3.8) is 0 Å². The van der Waals surface area contributed by atoms with Crippen molar-refractivity contribution in [1.29, 1.82) is 0 Å². The number of hydrogen-bond donors (Lipinski definition) is 1. The van der Waals surface area contributed by atoms with E-state index in [0.29, 0.717) is 17.6 Å². The van der Waals surface area contributed by atoms with E-state index in [-0.39, 0.29) is 0 Å². The lowest BCUT2D eigenvalue weighted by Crippen LogP contribution is -2.42. The maximum atomic E-state index is 12.2. The van der Waals surface area contributed by atoms with Crippen molar-refractivity contribution in [3.8, 4) is 0 Å². The second-order valence-electron chi connectivity index (χ2n) is 5.05. The summed E-state index contributed by atoms with van der Waals surface area (Å²) in [5, 5.41) is 3.33. The van der Waals surface area contributed by atoms with Crippen molar-refractivity contribution in [2.75, 3.05) is 33.2 Å². The quantitative estimate of drug-likeness (QED) is 0.735. The van der Waals surface area contributed by atoms with E-state index >= 15 is 0 Å². The van der Waals surface area contributed by atoms with Gasteiger partial charge >= 0.3 is 0 Å². The van der Waals surface area contributed by atoms with E-state index in [9.17, 15) is 4.79 Å². The van der Waals surface area contributed by atoms with E-state index in [1.54, 1.807) is 0 Å². The van der Waals surface area contributed by atoms with Gasteiger partial charge in [-0.1, -0.05) is 0 Å². The summed E-state index contributed by atoms with van der Waals surface area (Å²) >= 11 is 0. The third kappa shape index (κ3) is 2.79. The molecule has 0 saturated carbocycles. The van der Waals surface area contributed by atoms with Crippen molar-refractivity contribution in [2.45, 2.75) is 25.7 Å². The van der Waals surface area contributed by atoms with E-state index in [2.05, 4.69) is 17.3 Å². The highest BCUT2D eigenvalue weighted by molar-refractivity contribution is 5.84. The summed E-state index contributed by atoms with van der Waals surface area (Å²) in [6, 6.07) is 0. The number of carbonyl (C=O) groups excluding carboxylic acids is 1. The Balaban J connectivity index is 1.88. The normalized spacial score (nSPS) is 33.9. The van der Waals surface area contributed by atoms with Crippen LogP contribution in [0.4, 0.5) is 0 Å². The van der Waals surface area contributed by atoms with Crippen LogP contribution < -0.4 is 5.32 Å². The minimum absolute atomic E-state index is 0.301. The van der Waals surface area contributed by atoms with E-state index < -0.39 is 0 Å². The summed E-state index contributed by atoms with van der Waals surface area (Å²) in [4.78, 5) is 14.5. The predicted octanol–water partition coefficient (Wildman–Crippen LogP) is 0.897. The summed E-state index contributed by atoms with van der Waals surface area (Å²) in [6.45, 7) is 4.15. The van der Waals surface area contributed by atoms with Gasteiger partial charge in [0.2, 0.25) is 0 Å². The second kappa shape index (κ2) is 5.08. The first kappa shape index (κ1) is 11.1. The summed E-state index contributed by atoms with van der Waals surface area (Å²) in [5.74, 6) is 1.14. The topological polar surface area (TPSA) is 32.3 Å². The van der Waals surface area contributed by atoms with Crippen molar-refractivity contribution < 1.29 is 4.79 Å². The number of rotatable bonds is 2. The van der Waals surface area contributed by atoms with E-state index in [1.807, 2.05) is 0 Å². The van der Waals surface area contributed by atoms with Gasteiger partial charge < -0.3 is 10.2 Å². The van der Waals surface area contributed by atoms with Crippen LogP contribution >= 0.6 is 0 Å². The fourth-order valence-corrected chi connectivity index (χ4v) is 2.83. The Labute approximate surface area is 92.2 Å². The summed E-state index contributed by atoms with van der Waals surface area (Å²) in [7, 11) is 2.12. The van der Waals surface area contributed by atoms with Crippen LogP contribution in [0.2, 0.25) is 0 Å². The molecule has 0 spiro atoms. The maximum Gasteiger partial charge on any atom is 0.141 e. The Morgan fingerprint density at radius 2 is 2.07 bits per heavy atom. The first-order valence-electron chi connectivity index (χ1n) is 6.20. The van der Waals surface area contributed by atoms with Crippen LogP contribution in [0.15, 0.2) is 0 Å². The van der Waals surface area contributed by atoms with Crippen LogP contribution in [0.5, 0.6) is 0 Å². The minimum Gasteiger partial charge on any atom is -0.316 e. The van der Waals surface area contributed by atoms with Crippen molar-refractivity contribution in [1.82, 2.24) is 10.2 Å². The van der Waals surface area contributed by atoms with Gasteiger partial charge in [0.05, 0.1) is 0 Å². The molecule has 3 heteroatoms. The first-order valence-corrected chi connectivity index (χ1v) is 6.20. The Bertz CT molecular complexity index is 224. The summed E-state index contributed by atoms with van der Waals surface area (Å²) < 4.78 is 0. The van der Waals surface area contributed by atoms with Gasteiger partial charge in [-0.2, -0.15) is 0 Å². The molecule has 2 rings (SSSR count). The molecule has 2 atom stereocenters. The van der Waals surface area contributed by atoms with Crippen molar-refractivity contribution in [2.24, 2.45) is 11.8 Å². The lowest BCUT2D eigenvalue weighted by molar-refractivity contribution is -0.128. The molecule has 2 heterocycles. The van der Waals surface area contributed by atoms with Crippen LogP contribution in [0.3, 0.4) is 0 Å². The molecule has 0 bridgehead atoms. The smallest absolute Gasteiger partial charge is 0.141 e. The molecule has 2 unspecified atom stereocenters. The highest BCUT2D eigenvalue weighted by atomic mass is 16.1. The van der Waals surface area contributed by atoms with Gasteiger partial charge in [0.15, 0.2) is 0 Å². The molecule has 2 saturated heterocycles. The average molecular weight is 210 g/mol. The highest BCUT2D eigenvalue weighted by Gasteiger charge is 2.30. The van der Waals surface area contributed by atoms with E-state index in [1.165, 1.54) is 12.8 Å². The van der Waals surface area contributed by atoms with Gasteiger partial charge in [0, 0.05) is 24.9 Å². The van der Waals surface area contributed by atoms with Gasteiger partial charge in [0.1, 0.15) is 5.78 Å². The minimum atomic E-state index is 0.301. The van der Waals surface area contributed by atoms with Gasteiger partial charge in [-0.05, 0) is 45.8 Å². The van der Waals surface area contributed by atoms with E-state index in [0.717, 1.165) is 39.0 Å². The molecule has 3 nitrogen and oxygen atoms in total. The van der Waals surface area contributed by atoms with Gasteiger partial charge in [-0.15, -0.1) is 0 Å². The molecule has 86 valence electrons. The zero-order valence-corrected chi connectivity index (χ0v) is 9.67. The number of nitrogens with one attached hydrogen (secondary N) is 1. The van der Waals surface area contributed by atoms with E-state index in [4.69, 9.17) is 0 Å². The van der Waals surface area contributed by atoms with Gasteiger partial charge in [-0.3, -0.25) is 4.79 Å². The zero-order chi connectivity index (χ0) is 10.7. The molecule has 2 aliphatic heterocycles. The van der Waals surface area contributed by atoms with Gasteiger partial charge in [0.25, 0.3) is 0 Å². The average Bonchev–Trinajstić information content (AvgIpc) is 2.29. The SMILES string of the molecule is CN1CCCC(C(=O)C2CCCNC2)C1. The van der Waals surface area contributed by atoms with Crippen LogP contribution in [0.1, 0.15) is 25.7 Å². The molecule has 0 amide bonds. The van der Waals surface area contributed by atoms with Crippen LogP contribution in [0, 0.1) is 11.8 Å². The molecule has 0 aromatic heterocycles. The van der Waals surface area contributed by atoms with Crippen molar-refractivity contribution in [3.05, 3.63) is 0 Å². The van der Waals surface area contributed by atoms with Crippen LogP contribution in [0.25, 0.3) is 0 Å². The second-order valence-corrected chi connectivity index (χ2v) is 5.05. The molecule has 1 N–H and O–H groups in total. The molecule has 0 aromatic rings. The standard InChI is InChI=1S/C12H22N2O/c1-14-7-3-5-11(9-14)12(15)10-4-2-6-13-8-10/h10-11,13H,2-9H2,1H3. The number of carbonyl (C=O) groups is 1. The summed E-state index contributed by atoms with van der Waals surface area (Å²) in [6.07, 6.45) is 4.57. The lowest BCUT2D eigenvalue weighted by atomic mass is 9.83. The first-order chi connectivity index (χ1) is 7.27. The Morgan fingerprint density at radius 1 is 1.27 bits per heavy atom. The number of ketones is 1. The maximum absolute atomic E-state index is 12.2. The monoisotopic (exact) mass is 210 g/mol. The van der Waals surface area contributed by atoms with Crippen molar-refractivity contribution >= 4 is 5.78 Å². The molecule has 2 fully saturated rings. The molecular formula is C12H22N2O. The Kier molecular flexibility index (Phi) is 3.76. The molecular weight excluding hydrogens is 188 g/mol.